The summed E-state index contributed by atoms with van der Waals surface area (Å²) >= 11 is 1.34. The van der Waals surface area contributed by atoms with E-state index in [1.807, 2.05) is 24.3 Å². The molecule has 5 rings (SSSR count). The molecule has 2 aliphatic carbocycles. The average molecular weight is 420 g/mol. The van der Waals surface area contributed by atoms with Gasteiger partial charge in [0.15, 0.2) is 0 Å². The Kier molecular flexibility index (Phi) is 4.79. The van der Waals surface area contributed by atoms with E-state index in [0.29, 0.717) is 10.9 Å². The first-order valence-corrected chi connectivity index (χ1v) is 10.9. The molecule has 2 aromatic carbocycles. The van der Waals surface area contributed by atoms with E-state index in [2.05, 4.69) is 29.6 Å². The Morgan fingerprint density at radius 3 is 2.23 bits per heavy atom. The zero-order chi connectivity index (χ0) is 20.7. The Bertz CT molecular complexity index is 1090. The van der Waals surface area contributed by atoms with Gasteiger partial charge in [-0.25, -0.2) is 9.59 Å². The molecule has 6 heteroatoms. The molecule has 0 aliphatic heterocycles. The summed E-state index contributed by atoms with van der Waals surface area (Å²) in [5.41, 5.74) is 4.75. The van der Waals surface area contributed by atoms with Crippen molar-refractivity contribution < 1.29 is 19.4 Å². The van der Waals surface area contributed by atoms with E-state index >= 15 is 0 Å². The molecular weight excluding hydrogens is 398 g/mol. The maximum absolute atomic E-state index is 12.5. The number of anilines is 1. The Labute approximate surface area is 178 Å². The lowest BCUT2D eigenvalue weighted by Crippen LogP contribution is -2.18. The molecule has 0 bridgehead atoms. The Morgan fingerprint density at radius 1 is 1.03 bits per heavy atom. The maximum atomic E-state index is 12.5. The minimum absolute atomic E-state index is 0.0315. The lowest BCUT2D eigenvalue weighted by atomic mass is 9.84. The summed E-state index contributed by atoms with van der Waals surface area (Å²) in [7, 11) is 0. The van der Waals surface area contributed by atoms with Gasteiger partial charge in [0.2, 0.25) is 0 Å². The molecule has 152 valence electrons. The predicted octanol–water partition coefficient (Wildman–Crippen LogP) is 6.07. The van der Waals surface area contributed by atoms with Crippen LogP contribution in [0.1, 0.15) is 57.5 Å². The number of aromatic carboxylic acids is 1. The molecule has 5 nitrogen and oxygen atoms in total. The van der Waals surface area contributed by atoms with E-state index in [-0.39, 0.29) is 18.1 Å². The second-order valence-corrected chi connectivity index (χ2v) is 8.86. The largest absolute Gasteiger partial charge is 0.478 e. The van der Waals surface area contributed by atoms with E-state index < -0.39 is 12.1 Å². The van der Waals surface area contributed by atoms with Crippen molar-refractivity contribution in [1.82, 2.24) is 0 Å². The van der Waals surface area contributed by atoms with Crippen LogP contribution in [0.15, 0.2) is 54.6 Å². The number of hydrogen-bond donors (Lipinski definition) is 2. The number of rotatable bonds is 5. The van der Waals surface area contributed by atoms with Crippen LogP contribution in [0.5, 0.6) is 0 Å². The quantitative estimate of drug-likeness (QED) is 0.526. The van der Waals surface area contributed by atoms with Gasteiger partial charge in [0, 0.05) is 10.8 Å². The highest BCUT2D eigenvalue weighted by Gasteiger charge is 2.30. The number of ether oxygens (including phenoxy) is 1. The van der Waals surface area contributed by atoms with Crippen LogP contribution >= 0.6 is 11.3 Å². The van der Waals surface area contributed by atoms with Crippen molar-refractivity contribution in [3.63, 3.8) is 0 Å². The fourth-order valence-electron chi connectivity index (χ4n) is 4.28. The highest BCUT2D eigenvalue weighted by Crippen LogP contribution is 2.45. The fourth-order valence-corrected chi connectivity index (χ4v) is 5.49. The molecule has 1 aromatic heterocycles. The summed E-state index contributed by atoms with van der Waals surface area (Å²) < 4.78 is 5.55. The van der Waals surface area contributed by atoms with Crippen LogP contribution in [0, 0.1) is 0 Å². The van der Waals surface area contributed by atoms with Crippen LogP contribution in [0.3, 0.4) is 0 Å². The minimum atomic E-state index is -1.04. The number of carboxylic acid groups (broad SMARTS) is 1. The molecule has 2 N–H and O–H groups in total. The van der Waals surface area contributed by atoms with Crippen LogP contribution in [0.4, 0.5) is 9.80 Å². The molecular formula is C24H21NO4S. The number of benzene rings is 2. The molecule has 0 radical (unpaired) electrons. The van der Waals surface area contributed by atoms with Crippen molar-refractivity contribution in [1.29, 1.82) is 0 Å². The number of carboxylic acids is 1. The summed E-state index contributed by atoms with van der Waals surface area (Å²) in [6, 6.07) is 18.0. The van der Waals surface area contributed by atoms with E-state index in [4.69, 9.17) is 4.74 Å². The summed E-state index contributed by atoms with van der Waals surface area (Å²) in [6.45, 7) is 0.198. The monoisotopic (exact) mass is 419 g/mol. The van der Waals surface area contributed by atoms with Crippen molar-refractivity contribution >= 4 is 28.4 Å². The number of thiophene rings is 1. The van der Waals surface area contributed by atoms with Gasteiger partial charge in [0.05, 0.1) is 5.56 Å². The SMILES string of the molecule is O=C(Nc1sc(C2CCC2)cc1C(=O)O)OCC1c2ccccc2-c2ccccc21. The minimum Gasteiger partial charge on any atom is -0.478 e. The van der Waals surface area contributed by atoms with Crippen LogP contribution in [-0.2, 0) is 4.74 Å². The van der Waals surface area contributed by atoms with Crippen molar-refractivity contribution in [2.75, 3.05) is 11.9 Å². The van der Waals surface area contributed by atoms with Crippen LogP contribution in [-0.4, -0.2) is 23.8 Å². The van der Waals surface area contributed by atoms with Crippen LogP contribution in [0.25, 0.3) is 11.1 Å². The third-order valence-corrected chi connectivity index (χ3v) is 7.26. The summed E-state index contributed by atoms with van der Waals surface area (Å²) in [5, 5.41) is 12.5. The molecule has 0 atom stereocenters. The second kappa shape index (κ2) is 7.61. The summed E-state index contributed by atoms with van der Waals surface area (Å²) in [5.74, 6) is -0.659. The lowest BCUT2D eigenvalue weighted by Gasteiger charge is -2.23. The summed E-state index contributed by atoms with van der Waals surface area (Å²) in [4.78, 5) is 25.1. The van der Waals surface area contributed by atoms with Crippen molar-refractivity contribution in [2.24, 2.45) is 0 Å². The smallest absolute Gasteiger partial charge is 0.412 e. The topological polar surface area (TPSA) is 75.6 Å². The highest BCUT2D eigenvalue weighted by atomic mass is 32.1. The van der Waals surface area contributed by atoms with Gasteiger partial charge in [-0.05, 0) is 47.1 Å². The van der Waals surface area contributed by atoms with Gasteiger partial charge in [-0.2, -0.15) is 0 Å². The Hall–Kier alpha value is -3.12. The first kappa shape index (κ1) is 18.9. The molecule has 0 unspecified atom stereocenters. The molecule has 2 aliphatic rings. The molecule has 0 saturated heterocycles. The number of hydrogen-bond acceptors (Lipinski definition) is 4. The van der Waals surface area contributed by atoms with Gasteiger partial charge in [-0.1, -0.05) is 55.0 Å². The predicted molar refractivity (Wildman–Crippen MR) is 117 cm³/mol. The Morgan fingerprint density at radius 2 is 1.67 bits per heavy atom. The number of amides is 1. The van der Waals surface area contributed by atoms with Gasteiger partial charge < -0.3 is 9.84 Å². The van der Waals surface area contributed by atoms with Gasteiger partial charge >= 0.3 is 12.1 Å². The zero-order valence-corrected chi connectivity index (χ0v) is 17.1. The molecule has 3 aromatic rings. The van der Waals surface area contributed by atoms with E-state index in [0.717, 1.165) is 28.8 Å². The van der Waals surface area contributed by atoms with E-state index in [1.165, 1.54) is 28.9 Å². The van der Waals surface area contributed by atoms with E-state index in [1.54, 1.807) is 6.07 Å². The highest BCUT2D eigenvalue weighted by molar-refractivity contribution is 7.16. The van der Waals surface area contributed by atoms with Gasteiger partial charge in [-0.15, -0.1) is 11.3 Å². The van der Waals surface area contributed by atoms with E-state index in [9.17, 15) is 14.7 Å². The fraction of sp³-hybridized carbons (Fsp3) is 0.250. The number of fused-ring (bicyclic) bond motifs is 3. The maximum Gasteiger partial charge on any atom is 0.412 e. The molecule has 1 heterocycles. The third-order valence-electron chi connectivity index (χ3n) is 6.05. The number of carbonyl (C=O) groups excluding carboxylic acids is 1. The standard InChI is InChI=1S/C24H21NO4S/c26-23(27)19-12-21(14-6-5-7-14)30-22(19)25-24(28)29-13-20-17-10-3-1-8-15(17)16-9-2-4-11-18(16)20/h1-4,8-12,14,20H,5-7,13H2,(H,25,28)(H,26,27). The first-order chi connectivity index (χ1) is 14.6. The van der Waals surface area contributed by atoms with Crippen molar-refractivity contribution in [3.05, 3.63) is 76.2 Å². The number of nitrogens with one attached hydrogen (secondary N) is 1. The molecule has 0 spiro atoms. The summed E-state index contributed by atoms with van der Waals surface area (Å²) in [6.07, 6.45) is 2.69. The lowest BCUT2D eigenvalue weighted by molar-refractivity contribution is 0.0698. The molecule has 1 fully saturated rings. The average Bonchev–Trinajstić information content (AvgIpc) is 3.24. The third kappa shape index (κ3) is 3.27. The van der Waals surface area contributed by atoms with Crippen LogP contribution in [0.2, 0.25) is 0 Å². The second-order valence-electron chi connectivity index (χ2n) is 7.78. The number of carbonyl (C=O) groups is 2. The zero-order valence-electron chi connectivity index (χ0n) is 16.3. The van der Waals surface area contributed by atoms with Crippen molar-refractivity contribution in [2.45, 2.75) is 31.1 Å². The molecule has 1 saturated carbocycles. The molecule has 30 heavy (non-hydrogen) atoms. The van der Waals surface area contributed by atoms with Gasteiger partial charge in [0.25, 0.3) is 0 Å². The van der Waals surface area contributed by atoms with Crippen molar-refractivity contribution in [3.8, 4) is 11.1 Å². The molecule has 1 amide bonds. The first-order valence-electron chi connectivity index (χ1n) is 10.1. The van der Waals surface area contributed by atoms with Gasteiger partial charge in [0.1, 0.15) is 11.6 Å². The Balaban J connectivity index is 1.32. The normalized spacial score (nSPS) is 15.2. The van der Waals surface area contributed by atoms with Gasteiger partial charge in [-0.3, -0.25) is 5.32 Å². The van der Waals surface area contributed by atoms with Crippen LogP contribution < -0.4 is 5.32 Å².